The number of ether oxygens (including phenoxy) is 1. The maximum absolute atomic E-state index is 11.1. The SMILES string of the molecule is CC(=O)c1ccc(OCC(O)CN2CCCC2)cc1. The Morgan fingerprint density at radius 1 is 1.32 bits per heavy atom. The number of aliphatic hydroxyl groups excluding tert-OH is 1. The van der Waals surface area contributed by atoms with Crippen LogP contribution in [0, 0.1) is 0 Å². The lowest BCUT2D eigenvalue weighted by molar-refractivity contribution is 0.0758. The van der Waals surface area contributed by atoms with Gasteiger partial charge in [0.25, 0.3) is 0 Å². The zero-order chi connectivity index (χ0) is 13.7. The zero-order valence-corrected chi connectivity index (χ0v) is 11.3. The fourth-order valence-electron chi connectivity index (χ4n) is 2.29. The van der Waals surface area contributed by atoms with Crippen LogP contribution in [0.25, 0.3) is 0 Å². The summed E-state index contributed by atoms with van der Waals surface area (Å²) in [5.74, 6) is 0.728. The molecule has 4 heteroatoms. The van der Waals surface area contributed by atoms with E-state index in [2.05, 4.69) is 4.90 Å². The Morgan fingerprint density at radius 2 is 1.95 bits per heavy atom. The van der Waals surface area contributed by atoms with Crippen molar-refractivity contribution >= 4 is 5.78 Å². The largest absolute Gasteiger partial charge is 0.491 e. The van der Waals surface area contributed by atoms with E-state index < -0.39 is 6.10 Å². The summed E-state index contributed by atoms with van der Waals surface area (Å²) < 4.78 is 5.52. The lowest BCUT2D eigenvalue weighted by atomic mass is 10.1. The van der Waals surface area contributed by atoms with Crippen LogP contribution in [0.3, 0.4) is 0 Å². The number of carbonyl (C=O) groups is 1. The fraction of sp³-hybridized carbons (Fsp3) is 0.533. The van der Waals surface area contributed by atoms with Gasteiger partial charge in [-0.1, -0.05) is 0 Å². The third-order valence-corrected chi connectivity index (χ3v) is 3.37. The van der Waals surface area contributed by atoms with Crippen LogP contribution in [0.2, 0.25) is 0 Å². The Labute approximate surface area is 114 Å². The average molecular weight is 263 g/mol. The molecule has 0 aliphatic carbocycles. The minimum atomic E-state index is -0.467. The van der Waals surface area contributed by atoms with Crippen LogP contribution in [0.5, 0.6) is 5.75 Å². The van der Waals surface area contributed by atoms with Crippen molar-refractivity contribution in [3.05, 3.63) is 29.8 Å². The van der Waals surface area contributed by atoms with Crippen LogP contribution in [0.4, 0.5) is 0 Å². The van der Waals surface area contributed by atoms with Crippen LogP contribution < -0.4 is 4.74 Å². The minimum absolute atomic E-state index is 0.0422. The van der Waals surface area contributed by atoms with Crippen molar-refractivity contribution in [2.45, 2.75) is 25.9 Å². The van der Waals surface area contributed by atoms with Crippen LogP contribution in [0.15, 0.2) is 24.3 Å². The summed E-state index contributed by atoms with van der Waals surface area (Å²) in [5.41, 5.74) is 0.671. The van der Waals surface area contributed by atoms with Gasteiger partial charge in [0, 0.05) is 12.1 Å². The van der Waals surface area contributed by atoms with Crippen molar-refractivity contribution in [2.24, 2.45) is 0 Å². The van der Waals surface area contributed by atoms with Gasteiger partial charge < -0.3 is 14.7 Å². The Bertz CT molecular complexity index is 410. The Morgan fingerprint density at radius 3 is 2.53 bits per heavy atom. The van der Waals surface area contributed by atoms with E-state index in [9.17, 15) is 9.90 Å². The number of nitrogens with zero attached hydrogens (tertiary/aromatic N) is 1. The summed E-state index contributed by atoms with van der Waals surface area (Å²) in [6.07, 6.45) is 1.98. The van der Waals surface area contributed by atoms with Crippen molar-refractivity contribution < 1.29 is 14.6 Å². The summed E-state index contributed by atoms with van der Waals surface area (Å²) in [6.45, 7) is 4.64. The maximum atomic E-state index is 11.1. The molecule has 0 saturated carbocycles. The maximum Gasteiger partial charge on any atom is 0.159 e. The van der Waals surface area contributed by atoms with E-state index in [1.54, 1.807) is 24.3 Å². The number of β-amino-alcohol motifs (C(OH)–C–C–N with tert-alkyl or cyclic N) is 1. The van der Waals surface area contributed by atoms with Crippen molar-refractivity contribution in [1.29, 1.82) is 0 Å². The highest BCUT2D eigenvalue weighted by atomic mass is 16.5. The summed E-state index contributed by atoms with van der Waals surface area (Å²) in [6, 6.07) is 7.01. The molecule has 4 nitrogen and oxygen atoms in total. The number of Topliss-reactive ketones (excluding diaryl/α,β-unsaturated/α-hetero) is 1. The number of hydrogen-bond donors (Lipinski definition) is 1. The summed E-state index contributed by atoms with van der Waals surface area (Å²) in [5, 5.41) is 9.89. The van der Waals surface area contributed by atoms with Gasteiger partial charge in [-0.05, 0) is 57.1 Å². The van der Waals surface area contributed by atoms with E-state index in [0.29, 0.717) is 17.9 Å². The first-order valence-electron chi connectivity index (χ1n) is 6.79. The van der Waals surface area contributed by atoms with Gasteiger partial charge in [-0.25, -0.2) is 0 Å². The van der Waals surface area contributed by atoms with Gasteiger partial charge in [-0.15, -0.1) is 0 Å². The van der Waals surface area contributed by atoms with E-state index in [0.717, 1.165) is 13.1 Å². The molecule has 1 N–H and O–H groups in total. The van der Waals surface area contributed by atoms with Gasteiger partial charge in [0.2, 0.25) is 0 Å². The Balaban J connectivity index is 1.76. The monoisotopic (exact) mass is 263 g/mol. The van der Waals surface area contributed by atoms with Crippen molar-refractivity contribution in [3.8, 4) is 5.75 Å². The van der Waals surface area contributed by atoms with E-state index in [1.165, 1.54) is 19.8 Å². The molecule has 1 aromatic rings. The van der Waals surface area contributed by atoms with Gasteiger partial charge in [-0.3, -0.25) is 4.79 Å². The number of likely N-dealkylation sites (tertiary alicyclic amines) is 1. The fourth-order valence-corrected chi connectivity index (χ4v) is 2.29. The third kappa shape index (κ3) is 4.33. The molecule has 0 radical (unpaired) electrons. The molecule has 0 bridgehead atoms. The number of rotatable bonds is 6. The van der Waals surface area contributed by atoms with E-state index in [1.807, 2.05) is 0 Å². The molecule has 19 heavy (non-hydrogen) atoms. The quantitative estimate of drug-likeness (QED) is 0.794. The molecule has 1 saturated heterocycles. The second-order valence-corrected chi connectivity index (χ2v) is 5.05. The second-order valence-electron chi connectivity index (χ2n) is 5.05. The highest BCUT2D eigenvalue weighted by Gasteiger charge is 2.16. The van der Waals surface area contributed by atoms with Gasteiger partial charge >= 0.3 is 0 Å². The smallest absolute Gasteiger partial charge is 0.159 e. The van der Waals surface area contributed by atoms with Gasteiger partial charge in [-0.2, -0.15) is 0 Å². The van der Waals surface area contributed by atoms with E-state index in [-0.39, 0.29) is 12.4 Å². The topological polar surface area (TPSA) is 49.8 Å². The lowest BCUT2D eigenvalue weighted by Crippen LogP contribution is -2.33. The highest BCUT2D eigenvalue weighted by Crippen LogP contribution is 2.13. The molecule has 104 valence electrons. The number of ketones is 1. The van der Waals surface area contributed by atoms with Gasteiger partial charge in [0.15, 0.2) is 5.78 Å². The molecule has 0 amide bonds. The molecule has 1 fully saturated rings. The molecular formula is C15H21NO3. The molecule has 1 heterocycles. The second kappa shape index (κ2) is 6.68. The Kier molecular flexibility index (Phi) is 4.93. The molecule has 0 spiro atoms. The predicted molar refractivity (Wildman–Crippen MR) is 73.6 cm³/mol. The van der Waals surface area contributed by atoms with E-state index >= 15 is 0 Å². The number of benzene rings is 1. The van der Waals surface area contributed by atoms with Crippen LogP contribution >= 0.6 is 0 Å². The van der Waals surface area contributed by atoms with E-state index in [4.69, 9.17) is 4.74 Å². The van der Waals surface area contributed by atoms with Crippen molar-refractivity contribution in [3.63, 3.8) is 0 Å². The van der Waals surface area contributed by atoms with Crippen LogP contribution in [-0.2, 0) is 0 Å². The first-order chi connectivity index (χ1) is 9.15. The first-order valence-corrected chi connectivity index (χ1v) is 6.79. The molecule has 1 aliphatic heterocycles. The molecule has 1 atom stereocenters. The Hall–Kier alpha value is -1.39. The summed E-state index contributed by atoms with van der Waals surface area (Å²) >= 11 is 0. The average Bonchev–Trinajstić information content (AvgIpc) is 2.89. The zero-order valence-electron chi connectivity index (χ0n) is 11.3. The summed E-state index contributed by atoms with van der Waals surface area (Å²) in [7, 11) is 0. The van der Waals surface area contributed by atoms with Crippen molar-refractivity contribution in [1.82, 2.24) is 4.90 Å². The number of hydrogen-bond acceptors (Lipinski definition) is 4. The van der Waals surface area contributed by atoms with Gasteiger partial charge in [0.1, 0.15) is 18.5 Å². The third-order valence-electron chi connectivity index (χ3n) is 3.37. The van der Waals surface area contributed by atoms with Crippen LogP contribution in [-0.4, -0.2) is 48.1 Å². The molecular weight excluding hydrogens is 242 g/mol. The number of carbonyl (C=O) groups excluding carboxylic acids is 1. The number of aliphatic hydroxyl groups is 1. The van der Waals surface area contributed by atoms with Crippen LogP contribution in [0.1, 0.15) is 30.1 Å². The van der Waals surface area contributed by atoms with Crippen molar-refractivity contribution in [2.75, 3.05) is 26.2 Å². The minimum Gasteiger partial charge on any atom is -0.491 e. The lowest BCUT2D eigenvalue weighted by Gasteiger charge is -2.19. The predicted octanol–water partition coefficient (Wildman–Crippen LogP) is 1.72. The highest BCUT2D eigenvalue weighted by molar-refractivity contribution is 5.94. The molecule has 1 aromatic carbocycles. The molecule has 1 unspecified atom stereocenters. The molecule has 1 aliphatic rings. The molecule has 2 rings (SSSR count). The van der Waals surface area contributed by atoms with Gasteiger partial charge in [0.05, 0.1) is 0 Å². The summed E-state index contributed by atoms with van der Waals surface area (Å²) in [4.78, 5) is 13.4. The molecule has 0 aromatic heterocycles. The normalized spacial score (nSPS) is 17.4. The first kappa shape index (κ1) is 14.0. The standard InChI is InChI=1S/C15H21NO3/c1-12(17)13-4-6-15(7-5-13)19-11-14(18)10-16-8-2-3-9-16/h4-7,14,18H,2-3,8-11H2,1H3.